The third-order valence-electron chi connectivity index (χ3n) is 3.81. The van der Waals surface area contributed by atoms with E-state index in [-0.39, 0.29) is 17.2 Å². The Labute approximate surface area is 143 Å². The highest BCUT2D eigenvalue weighted by Crippen LogP contribution is 2.18. The first-order valence-corrected chi connectivity index (χ1v) is 9.20. The van der Waals surface area contributed by atoms with Crippen molar-refractivity contribution >= 4 is 17.7 Å². The largest absolute Gasteiger partial charge is 0.353 e. The van der Waals surface area contributed by atoms with Gasteiger partial charge in [0, 0.05) is 11.8 Å². The molecule has 0 bridgehead atoms. The SMILES string of the molecule is C[C@H](SCc1ccccc1)C(=O)N[C@@H](C)CCc1ccccc1. The van der Waals surface area contributed by atoms with Crippen molar-refractivity contribution in [3.8, 4) is 0 Å². The third kappa shape index (κ3) is 6.49. The summed E-state index contributed by atoms with van der Waals surface area (Å²) < 4.78 is 0. The van der Waals surface area contributed by atoms with Crippen LogP contribution in [-0.2, 0) is 17.0 Å². The fourth-order valence-corrected chi connectivity index (χ4v) is 3.19. The van der Waals surface area contributed by atoms with Gasteiger partial charge in [0.1, 0.15) is 0 Å². The normalized spacial score (nSPS) is 13.3. The molecule has 0 saturated heterocycles. The molecule has 1 amide bonds. The summed E-state index contributed by atoms with van der Waals surface area (Å²) in [5, 5.41) is 3.09. The number of carbonyl (C=O) groups excluding carboxylic acids is 1. The summed E-state index contributed by atoms with van der Waals surface area (Å²) in [5.74, 6) is 1.000. The molecule has 3 heteroatoms. The second-order valence-corrected chi connectivity index (χ2v) is 7.20. The molecule has 122 valence electrons. The molecule has 0 saturated carbocycles. The monoisotopic (exact) mass is 327 g/mol. The standard InChI is InChI=1S/C20H25NOS/c1-16(13-14-18-9-5-3-6-10-18)21-20(22)17(2)23-15-19-11-7-4-8-12-19/h3-12,16-17H,13-15H2,1-2H3,(H,21,22)/t16-,17-/m0/s1. The van der Waals surface area contributed by atoms with E-state index < -0.39 is 0 Å². The van der Waals surface area contributed by atoms with Gasteiger partial charge in [0.2, 0.25) is 5.91 Å². The van der Waals surface area contributed by atoms with Gasteiger partial charge in [-0.25, -0.2) is 0 Å². The van der Waals surface area contributed by atoms with E-state index in [9.17, 15) is 4.79 Å². The molecule has 0 aliphatic heterocycles. The molecule has 0 aromatic heterocycles. The lowest BCUT2D eigenvalue weighted by Crippen LogP contribution is -2.37. The zero-order valence-corrected chi connectivity index (χ0v) is 14.7. The maximum absolute atomic E-state index is 12.3. The highest BCUT2D eigenvalue weighted by atomic mass is 32.2. The van der Waals surface area contributed by atoms with Crippen molar-refractivity contribution in [3.63, 3.8) is 0 Å². The number of aryl methyl sites for hydroxylation is 1. The van der Waals surface area contributed by atoms with Crippen molar-refractivity contribution in [1.82, 2.24) is 5.32 Å². The van der Waals surface area contributed by atoms with Crippen LogP contribution in [0.5, 0.6) is 0 Å². The lowest BCUT2D eigenvalue weighted by Gasteiger charge is -2.17. The van der Waals surface area contributed by atoms with Crippen LogP contribution in [0, 0.1) is 0 Å². The minimum Gasteiger partial charge on any atom is -0.353 e. The van der Waals surface area contributed by atoms with E-state index in [1.54, 1.807) is 11.8 Å². The summed E-state index contributed by atoms with van der Waals surface area (Å²) in [6.07, 6.45) is 1.96. The maximum Gasteiger partial charge on any atom is 0.233 e. The highest BCUT2D eigenvalue weighted by molar-refractivity contribution is 7.99. The predicted octanol–water partition coefficient (Wildman–Crippen LogP) is 4.45. The fraction of sp³-hybridized carbons (Fsp3) is 0.350. The number of hydrogen-bond donors (Lipinski definition) is 1. The lowest BCUT2D eigenvalue weighted by atomic mass is 10.1. The number of rotatable bonds is 8. The van der Waals surface area contributed by atoms with Crippen LogP contribution in [0.4, 0.5) is 0 Å². The Morgan fingerprint density at radius 2 is 1.52 bits per heavy atom. The molecule has 0 spiro atoms. The first kappa shape index (κ1) is 17.6. The van der Waals surface area contributed by atoms with Gasteiger partial charge in [-0.3, -0.25) is 4.79 Å². The molecule has 2 atom stereocenters. The lowest BCUT2D eigenvalue weighted by molar-refractivity contribution is -0.120. The first-order valence-electron chi connectivity index (χ1n) is 8.15. The van der Waals surface area contributed by atoms with Gasteiger partial charge in [-0.1, -0.05) is 60.7 Å². The molecule has 0 aliphatic carbocycles. The quantitative estimate of drug-likeness (QED) is 0.776. The van der Waals surface area contributed by atoms with Crippen molar-refractivity contribution < 1.29 is 4.79 Å². The van der Waals surface area contributed by atoms with Crippen LogP contribution in [0.25, 0.3) is 0 Å². The summed E-state index contributed by atoms with van der Waals surface area (Å²) in [4.78, 5) is 12.3. The van der Waals surface area contributed by atoms with Gasteiger partial charge >= 0.3 is 0 Å². The van der Waals surface area contributed by atoms with Crippen molar-refractivity contribution in [2.45, 2.75) is 43.7 Å². The second kappa shape index (κ2) is 9.41. The molecule has 0 aliphatic rings. The van der Waals surface area contributed by atoms with Gasteiger partial charge in [0.05, 0.1) is 5.25 Å². The molecular weight excluding hydrogens is 302 g/mol. The van der Waals surface area contributed by atoms with Gasteiger partial charge in [-0.05, 0) is 37.8 Å². The first-order chi connectivity index (χ1) is 11.1. The van der Waals surface area contributed by atoms with Crippen molar-refractivity contribution in [2.75, 3.05) is 0 Å². The number of benzene rings is 2. The van der Waals surface area contributed by atoms with Gasteiger partial charge < -0.3 is 5.32 Å². The van der Waals surface area contributed by atoms with Crippen LogP contribution >= 0.6 is 11.8 Å². The summed E-state index contributed by atoms with van der Waals surface area (Å²) in [6, 6.07) is 20.9. The Hall–Kier alpha value is -1.74. The molecule has 2 nitrogen and oxygen atoms in total. The minimum atomic E-state index is -0.0330. The molecule has 0 fully saturated rings. The van der Waals surface area contributed by atoms with Crippen LogP contribution in [0.1, 0.15) is 31.4 Å². The van der Waals surface area contributed by atoms with Crippen LogP contribution in [-0.4, -0.2) is 17.2 Å². The number of hydrogen-bond acceptors (Lipinski definition) is 2. The van der Waals surface area contributed by atoms with Crippen molar-refractivity contribution in [2.24, 2.45) is 0 Å². The van der Waals surface area contributed by atoms with E-state index in [1.165, 1.54) is 11.1 Å². The van der Waals surface area contributed by atoms with Gasteiger partial charge in [-0.2, -0.15) is 0 Å². The van der Waals surface area contributed by atoms with E-state index >= 15 is 0 Å². The Bertz CT molecular complexity index is 585. The Kier molecular flexibility index (Phi) is 7.21. The maximum atomic E-state index is 12.3. The average Bonchev–Trinajstić information content (AvgIpc) is 2.59. The summed E-state index contributed by atoms with van der Waals surface area (Å²) in [7, 11) is 0. The molecule has 2 rings (SSSR count). The van der Waals surface area contributed by atoms with Gasteiger partial charge in [-0.15, -0.1) is 11.8 Å². The molecule has 0 unspecified atom stereocenters. The molecule has 2 aromatic carbocycles. The van der Waals surface area contributed by atoms with E-state index in [1.807, 2.05) is 31.2 Å². The molecule has 23 heavy (non-hydrogen) atoms. The number of thioether (sulfide) groups is 1. The van der Waals surface area contributed by atoms with E-state index in [2.05, 4.69) is 48.6 Å². The molecule has 0 radical (unpaired) electrons. The zero-order valence-electron chi connectivity index (χ0n) is 13.9. The van der Waals surface area contributed by atoms with Crippen LogP contribution in [0.15, 0.2) is 60.7 Å². The minimum absolute atomic E-state index is 0.0330. The highest BCUT2D eigenvalue weighted by Gasteiger charge is 2.15. The fourth-order valence-electron chi connectivity index (χ4n) is 2.33. The second-order valence-electron chi connectivity index (χ2n) is 5.87. The molecule has 0 heterocycles. The van der Waals surface area contributed by atoms with Crippen molar-refractivity contribution in [1.29, 1.82) is 0 Å². The molecular formula is C20H25NOS. The Balaban J connectivity index is 1.70. The van der Waals surface area contributed by atoms with Crippen LogP contribution in [0.2, 0.25) is 0 Å². The predicted molar refractivity (Wildman–Crippen MR) is 99.6 cm³/mol. The number of amides is 1. The summed E-state index contributed by atoms with van der Waals surface area (Å²) in [6.45, 7) is 4.06. The van der Waals surface area contributed by atoms with Gasteiger partial charge in [0.25, 0.3) is 0 Å². The van der Waals surface area contributed by atoms with E-state index in [4.69, 9.17) is 0 Å². The molecule has 1 N–H and O–H groups in total. The Morgan fingerprint density at radius 3 is 2.13 bits per heavy atom. The van der Waals surface area contributed by atoms with E-state index in [0.717, 1.165) is 18.6 Å². The topological polar surface area (TPSA) is 29.1 Å². The van der Waals surface area contributed by atoms with E-state index in [0.29, 0.717) is 0 Å². The zero-order chi connectivity index (χ0) is 16.5. The van der Waals surface area contributed by atoms with Crippen LogP contribution in [0.3, 0.4) is 0 Å². The summed E-state index contributed by atoms with van der Waals surface area (Å²) >= 11 is 1.68. The number of nitrogens with one attached hydrogen (secondary N) is 1. The average molecular weight is 327 g/mol. The Morgan fingerprint density at radius 1 is 0.957 bits per heavy atom. The van der Waals surface area contributed by atoms with Crippen LogP contribution < -0.4 is 5.32 Å². The number of carbonyl (C=O) groups is 1. The smallest absolute Gasteiger partial charge is 0.233 e. The van der Waals surface area contributed by atoms with Crippen molar-refractivity contribution in [3.05, 3.63) is 71.8 Å². The van der Waals surface area contributed by atoms with Gasteiger partial charge in [0.15, 0.2) is 0 Å². The molecule has 2 aromatic rings. The third-order valence-corrected chi connectivity index (χ3v) is 5.02. The summed E-state index contributed by atoms with van der Waals surface area (Å²) in [5.41, 5.74) is 2.58.